The molecule has 0 saturated carbocycles. The standard InChI is InChI=1S/C23H32N2O3S/c1-28-20-6-7-22-21(15-20)18(8-10-24-22)5-3-4-17-9-11-25(12-13-29-2)16-19(17)14-23(26)27/h6-8,10,15,17,19H,3-5,9,11-14,16H2,1-2H3,(H,26,27)/t17-,19+/m1/s1. The number of likely N-dealkylation sites (tertiary alicyclic amines) is 1. The van der Waals surface area contributed by atoms with Gasteiger partial charge in [-0.3, -0.25) is 9.78 Å². The summed E-state index contributed by atoms with van der Waals surface area (Å²) in [7, 11) is 1.69. The minimum Gasteiger partial charge on any atom is -0.497 e. The van der Waals surface area contributed by atoms with E-state index >= 15 is 0 Å². The van der Waals surface area contributed by atoms with Gasteiger partial charge in [-0.05, 0) is 80.1 Å². The van der Waals surface area contributed by atoms with E-state index in [9.17, 15) is 9.90 Å². The molecule has 6 heteroatoms. The number of aliphatic carboxylic acids is 1. The van der Waals surface area contributed by atoms with Crippen LogP contribution < -0.4 is 4.74 Å². The summed E-state index contributed by atoms with van der Waals surface area (Å²) in [5, 5.41) is 10.5. The molecule has 1 aliphatic rings. The number of piperidine rings is 1. The van der Waals surface area contributed by atoms with E-state index in [1.165, 1.54) is 5.56 Å². The molecular formula is C23H32N2O3S. The maximum absolute atomic E-state index is 11.4. The van der Waals surface area contributed by atoms with E-state index in [-0.39, 0.29) is 12.3 Å². The number of fused-ring (bicyclic) bond motifs is 1. The predicted octanol–water partition coefficient (Wildman–Crippen LogP) is 4.34. The first-order valence-electron chi connectivity index (χ1n) is 10.5. The number of aryl methyl sites for hydroxylation is 1. The van der Waals surface area contributed by atoms with E-state index < -0.39 is 5.97 Å². The van der Waals surface area contributed by atoms with Gasteiger partial charge in [0.05, 0.1) is 12.6 Å². The first kappa shape index (κ1) is 21.9. The number of hydrogen-bond donors (Lipinski definition) is 1. The number of carboxylic acids is 1. The Bertz CT molecular complexity index is 814. The zero-order valence-electron chi connectivity index (χ0n) is 17.5. The second-order valence-electron chi connectivity index (χ2n) is 7.95. The normalized spacial score (nSPS) is 20.1. The molecule has 0 bridgehead atoms. The third kappa shape index (κ3) is 6.09. The quantitative estimate of drug-likeness (QED) is 0.622. The predicted molar refractivity (Wildman–Crippen MR) is 120 cm³/mol. The van der Waals surface area contributed by atoms with Gasteiger partial charge in [0, 0.05) is 36.8 Å². The third-order valence-corrected chi connectivity index (χ3v) is 6.67. The number of aromatic nitrogens is 1. The van der Waals surface area contributed by atoms with E-state index in [0.717, 1.165) is 67.7 Å². The summed E-state index contributed by atoms with van der Waals surface area (Å²) in [5.41, 5.74) is 2.29. The molecule has 0 aliphatic carbocycles. The van der Waals surface area contributed by atoms with E-state index in [4.69, 9.17) is 4.74 Å². The molecule has 3 rings (SSSR count). The van der Waals surface area contributed by atoms with Crippen LogP contribution in [0.1, 0.15) is 31.2 Å². The molecule has 0 radical (unpaired) electrons. The second kappa shape index (κ2) is 10.8. The molecule has 158 valence electrons. The van der Waals surface area contributed by atoms with Crippen LogP contribution in [0.4, 0.5) is 0 Å². The minimum atomic E-state index is -0.668. The third-order valence-electron chi connectivity index (χ3n) is 6.08. The number of thioether (sulfide) groups is 1. The van der Waals surface area contributed by atoms with Crippen molar-refractivity contribution < 1.29 is 14.6 Å². The molecule has 2 aromatic rings. The molecule has 1 aliphatic heterocycles. The van der Waals surface area contributed by atoms with Crippen LogP contribution in [0.15, 0.2) is 30.5 Å². The average Bonchev–Trinajstić information content (AvgIpc) is 2.73. The van der Waals surface area contributed by atoms with Gasteiger partial charge in [-0.2, -0.15) is 11.8 Å². The highest BCUT2D eigenvalue weighted by molar-refractivity contribution is 7.98. The zero-order chi connectivity index (χ0) is 20.6. The van der Waals surface area contributed by atoms with Crippen LogP contribution in [0, 0.1) is 11.8 Å². The van der Waals surface area contributed by atoms with Crippen LogP contribution in [-0.2, 0) is 11.2 Å². The number of nitrogens with zero attached hydrogens (tertiary/aromatic N) is 2. The van der Waals surface area contributed by atoms with Crippen molar-refractivity contribution in [3.8, 4) is 5.75 Å². The molecule has 1 N–H and O–H groups in total. The van der Waals surface area contributed by atoms with E-state index in [1.54, 1.807) is 7.11 Å². The molecule has 2 atom stereocenters. The van der Waals surface area contributed by atoms with Crippen LogP contribution >= 0.6 is 11.8 Å². The molecule has 0 unspecified atom stereocenters. The molecule has 1 saturated heterocycles. The van der Waals surface area contributed by atoms with Crippen molar-refractivity contribution in [1.82, 2.24) is 9.88 Å². The number of carboxylic acid groups (broad SMARTS) is 1. The smallest absolute Gasteiger partial charge is 0.303 e. The van der Waals surface area contributed by atoms with Crippen molar-refractivity contribution in [2.24, 2.45) is 11.8 Å². The lowest BCUT2D eigenvalue weighted by Crippen LogP contribution is -2.42. The SMILES string of the molecule is COc1ccc2nccc(CCC[C@@H]3CCN(CCSC)C[C@@H]3CC(=O)O)c2c1. The van der Waals surface area contributed by atoms with Crippen molar-refractivity contribution in [1.29, 1.82) is 0 Å². The Hall–Kier alpha value is -1.79. The second-order valence-corrected chi connectivity index (χ2v) is 8.93. The number of hydrogen-bond acceptors (Lipinski definition) is 5. The van der Waals surface area contributed by atoms with Gasteiger partial charge in [-0.15, -0.1) is 0 Å². The molecule has 0 spiro atoms. The lowest BCUT2D eigenvalue weighted by molar-refractivity contribution is -0.139. The van der Waals surface area contributed by atoms with Gasteiger partial charge in [-0.1, -0.05) is 0 Å². The fourth-order valence-electron chi connectivity index (χ4n) is 4.50. The Kier molecular flexibility index (Phi) is 8.19. The number of rotatable bonds is 10. The Morgan fingerprint density at radius 2 is 2.21 bits per heavy atom. The maximum atomic E-state index is 11.4. The average molecular weight is 417 g/mol. The minimum absolute atomic E-state index is 0.261. The topological polar surface area (TPSA) is 62.7 Å². The van der Waals surface area contributed by atoms with Crippen molar-refractivity contribution in [3.05, 3.63) is 36.0 Å². The first-order valence-corrected chi connectivity index (χ1v) is 11.8. The van der Waals surface area contributed by atoms with E-state index in [2.05, 4.69) is 28.3 Å². The van der Waals surface area contributed by atoms with Gasteiger partial charge in [0.15, 0.2) is 0 Å². The van der Waals surface area contributed by atoms with Crippen molar-refractivity contribution in [3.63, 3.8) is 0 Å². The van der Waals surface area contributed by atoms with Gasteiger partial charge < -0.3 is 14.7 Å². The summed E-state index contributed by atoms with van der Waals surface area (Å²) in [6.45, 7) is 3.08. The Balaban J connectivity index is 1.61. The Labute approximate surface area is 177 Å². The lowest BCUT2D eigenvalue weighted by atomic mass is 9.80. The van der Waals surface area contributed by atoms with E-state index in [0.29, 0.717) is 5.92 Å². The van der Waals surface area contributed by atoms with Crippen molar-refractivity contribution in [2.75, 3.05) is 38.8 Å². The number of pyridine rings is 1. The molecule has 1 fully saturated rings. The molecule has 1 aromatic carbocycles. The zero-order valence-corrected chi connectivity index (χ0v) is 18.3. The van der Waals surface area contributed by atoms with Crippen LogP contribution in [0.3, 0.4) is 0 Å². The summed E-state index contributed by atoms with van der Waals surface area (Å²) in [4.78, 5) is 18.3. The molecule has 0 amide bonds. The van der Waals surface area contributed by atoms with E-state index in [1.807, 2.05) is 30.1 Å². The first-order chi connectivity index (χ1) is 14.1. The van der Waals surface area contributed by atoms with Crippen LogP contribution in [0.25, 0.3) is 10.9 Å². The Morgan fingerprint density at radius 1 is 1.34 bits per heavy atom. The van der Waals surface area contributed by atoms with Crippen molar-refractivity contribution >= 4 is 28.6 Å². The highest BCUT2D eigenvalue weighted by Gasteiger charge is 2.30. The van der Waals surface area contributed by atoms with Crippen molar-refractivity contribution in [2.45, 2.75) is 32.1 Å². The number of methoxy groups -OCH3 is 1. The summed E-state index contributed by atoms with van der Waals surface area (Å²) < 4.78 is 5.38. The van der Waals surface area contributed by atoms with Crippen LogP contribution in [-0.4, -0.2) is 59.7 Å². The molecule has 5 nitrogen and oxygen atoms in total. The van der Waals surface area contributed by atoms with Gasteiger partial charge >= 0.3 is 5.97 Å². The number of benzene rings is 1. The van der Waals surface area contributed by atoms with Crippen LogP contribution in [0.2, 0.25) is 0 Å². The van der Waals surface area contributed by atoms with Gasteiger partial charge in [0.25, 0.3) is 0 Å². The fraction of sp³-hybridized carbons (Fsp3) is 0.565. The molecule has 2 heterocycles. The van der Waals surface area contributed by atoms with Gasteiger partial charge in [-0.25, -0.2) is 0 Å². The summed E-state index contributed by atoms with van der Waals surface area (Å²) in [6.07, 6.45) is 8.54. The Morgan fingerprint density at radius 3 is 2.97 bits per heavy atom. The lowest BCUT2D eigenvalue weighted by Gasteiger charge is -2.38. The highest BCUT2D eigenvalue weighted by atomic mass is 32.2. The molecule has 29 heavy (non-hydrogen) atoms. The number of ether oxygens (including phenoxy) is 1. The van der Waals surface area contributed by atoms with Gasteiger partial charge in [0.2, 0.25) is 0 Å². The fourth-order valence-corrected chi connectivity index (χ4v) is 4.94. The maximum Gasteiger partial charge on any atom is 0.303 e. The monoisotopic (exact) mass is 416 g/mol. The highest BCUT2D eigenvalue weighted by Crippen LogP contribution is 2.31. The largest absolute Gasteiger partial charge is 0.497 e. The summed E-state index contributed by atoms with van der Waals surface area (Å²) in [6, 6.07) is 8.11. The summed E-state index contributed by atoms with van der Waals surface area (Å²) in [5.74, 6) is 2.06. The number of carbonyl (C=O) groups is 1. The molecular weight excluding hydrogens is 384 g/mol. The summed E-state index contributed by atoms with van der Waals surface area (Å²) >= 11 is 1.85. The molecule has 1 aromatic heterocycles. The van der Waals surface area contributed by atoms with Crippen LogP contribution in [0.5, 0.6) is 5.75 Å². The van der Waals surface area contributed by atoms with Gasteiger partial charge in [0.1, 0.15) is 5.75 Å².